The van der Waals surface area contributed by atoms with Crippen molar-refractivity contribution in [2.75, 3.05) is 20.1 Å². The SMILES string of the molecule is CN1CC(c2nc3ccccc3s2)C1. The van der Waals surface area contributed by atoms with Crippen molar-refractivity contribution in [3.63, 3.8) is 0 Å². The number of likely N-dealkylation sites (N-methyl/N-ethyl adjacent to an activating group) is 1. The molecule has 0 saturated carbocycles. The first-order chi connectivity index (χ1) is 6.83. The van der Waals surface area contributed by atoms with E-state index in [1.807, 2.05) is 11.3 Å². The molecule has 3 rings (SSSR count). The number of hydrogen-bond acceptors (Lipinski definition) is 3. The summed E-state index contributed by atoms with van der Waals surface area (Å²) in [5, 5.41) is 1.31. The summed E-state index contributed by atoms with van der Waals surface area (Å²) in [5.41, 5.74) is 1.15. The summed E-state index contributed by atoms with van der Waals surface area (Å²) in [6, 6.07) is 8.38. The molecular weight excluding hydrogens is 192 g/mol. The van der Waals surface area contributed by atoms with E-state index < -0.39 is 0 Å². The maximum Gasteiger partial charge on any atom is 0.0995 e. The molecule has 1 aliphatic heterocycles. The Bertz CT molecular complexity index is 424. The van der Waals surface area contributed by atoms with Crippen LogP contribution < -0.4 is 0 Å². The molecule has 0 unspecified atom stereocenters. The third-order valence-electron chi connectivity index (χ3n) is 2.72. The van der Waals surface area contributed by atoms with E-state index in [0.717, 1.165) is 5.52 Å². The van der Waals surface area contributed by atoms with Crippen LogP contribution in [0.1, 0.15) is 10.9 Å². The minimum absolute atomic E-state index is 0.678. The summed E-state index contributed by atoms with van der Waals surface area (Å²) < 4.78 is 1.32. The highest BCUT2D eigenvalue weighted by molar-refractivity contribution is 7.18. The van der Waals surface area contributed by atoms with E-state index in [0.29, 0.717) is 5.92 Å². The quantitative estimate of drug-likeness (QED) is 0.708. The fraction of sp³-hybridized carbons (Fsp3) is 0.364. The summed E-state index contributed by atoms with van der Waals surface area (Å²) >= 11 is 1.85. The van der Waals surface area contributed by atoms with Crippen LogP contribution in [-0.4, -0.2) is 30.0 Å². The van der Waals surface area contributed by atoms with Crippen molar-refractivity contribution in [2.24, 2.45) is 0 Å². The Kier molecular flexibility index (Phi) is 1.82. The van der Waals surface area contributed by atoms with Gasteiger partial charge in [0.1, 0.15) is 0 Å². The van der Waals surface area contributed by atoms with Crippen LogP contribution in [0.4, 0.5) is 0 Å². The second kappa shape index (κ2) is 3.04. The van der Waals surface area contributed by atoms with Crippen molar-refractivity contribution >= 4 is 21.6 Å². The van der Waals surface area contributed by atoms with E-state index in [2.05, 4.69) is 41.2 Å². The predicted molar refractivity (Wildman–Crippen MR) is 59.9 cm³/mol. The number of aromatic nitrogens is 1. The van der Waals surface area contributed by atoms with Crippen LogP contribution in [0.5, 0.6) is 0 Å². The molecule has 0 N–H and O–H groups in total. The van der Waals surface area contributed by atoms with Gasteiger partial charge < -0.3 is 4.90 Å². The zero-order chi connectivity index (χ0) is 9.54. The van der Waals surface area contributed by atoms with Crippen molar-refractivity contribution in [3.05, 3.63) is 29.3 Å². The number of likely N-dealkylation sites (tertiary alicyclic amines) is 1. The van der Waals surface area contributed by atoms with Crippen LogP contribution in [0.15, 0.2) is 24.3 Å². The average Bonchev–Trinajstić information content (AvgIpc) is 2.55. The summed E-state index contributed by atoms with van der Waals surface area (Å²) in [4.78, 5) is 6.99. The molecule has 2 nitrogen and oxygen atoms in total. The van der Waals surface area contributed by atoms with Gasteiger partial charge in [-0.15, -0.1) is 11.3 Å². The number of nitrogens with zero attached hydrogens (tertiary/aromatic N) is 2. The highest BCUT2D eigenvalue weighted by Gasteiger charge is 2.27. The minimum atomic E-state index is 0.678. The number of benzene rings is 1. The van der Waals surface area contributed by atoms with E-state index in [4.69, 9.17) is 0 Å². The number of fused-ring (bicyclic) bond motifs is 1. The molecule has 2 aromatic rings. The van der Waals surface area contributed by atoms with E-state index in [9.17, 15) is 0 Å². The Morgan fingerprint density at radius 2 is 2.14 bits per heavy atom. The highest BCUT2D eigenvalue weighted by atomic mass is 32.1. The largest absolute Gasteiger partial charge is 0.305 e. The lowest BCUT2D eigenvalue weighted by Crippen LogP contribution is -2.41. The van der Waals surface area contributed by atoms with Gasteiger partial charge >= 0.3 is 0 Å². The summed E-state index contributed by atoms with van der Waals surface area (Å²) in [6.07, 6.45) is 0. The van der Waals surface area contributed by atoms with E-state index in [1.165, 1.54) is 22.8 Å². The topological polar surface area (TPSA) is 16.1 Å². The van der Waals surface area contributed by atoms with Gasteiger partial charge in [0.2, 0.25) is 0 Å². The second-order valence-corrected chi connectivity index (χ2v) is 5.00. The van der Waals surface area contributed by atoms with Crippen molar-refractivity contribution in [1.29, 1.82) is 0 Å². The molecule has 0 aliphatic carbocycles. The standard InChI is InChI=1S/C11H12N2S/c1-13-6-8(7-13)11-12-9-4-2-3-5-10(9)14-11/h2-5,8H,6-7H2,1H3. The maximum atomic E-state index is 4.66. The summed E-state index contributed by atoms with van der Waals surface area (Å²) in [7, 11) is 2.16. The molecule has 0 spiro atoms. The zero-order valence-corrected chi connectivity index (χ0v) is 8.92. The summed E-state index contributed by atoms with van der Waals surface area (Å²) in [6.45, 7) is 2.33. The normalized spacial score (nSPS) is 18.6. The lowest BCUT2D eigenvalue weighted by Gasteiger charge is -2.34. The van der Waals surface area contributed by atoms with Gasteiger partial charge in [0, 0.05) is 19.0 Å². The van der Waals surface area contributed by atoms with Gasteiger partial charge in [-0.2, -0.15) is 0 Å². The lowest BCUT2D eigenvalue weighted by atomic mass is 10.0. The van der Waals surface area contributed by atoms with E-state index in [-0.39, 0.29) is 0 Å². The van der Waals surface area contributed by atoms with Crippen molar-refractivity contribution in [2.45, 2.75) is 5.92 Å². The first-order valence-corrected chi connectivity index (χ1v) is 5.68. The second-order valence-electron chi connectivity index (χ2n) is 3.94. The Morgan fingerprint density at radius 1 is 1.36 bits per heavy atom. The molecule has 1 aromatic carbocycles. The molecule has 0 bridgehead atoms. The van der Waals surface area contributed by atoms with Crippen LogP contribution in [0.3, 0.4) is 0 Å². The van der Waals surface area contributed by atoms with E-state index in [1.54, 1.807) is 0 Å². The van der Waals surface area contributed by atoms with Gasteiger partial charge in [-0.05, 0) is 19.2 Å². The van der Waals surface area contributed by atoms with Crippen LogP contribution in [0.25, 0.3) is 10.2 Å². The maximum absolute atomic E-state index is 4.66. The van der Waals surface area contributed by atoms with Crippen molar-refractivity contribution in [3.8, 4) is 0 Å². The number of rotatable bonds is 1. The fourth-order valence-electron chi connectivity index (χ4n) is 1.92. The predicted octanol–water partition coefficient (Wildman–Crippen LogP) is 2.33. The van der Waals surface area contributed by atoms with Crippen LogP contribution >= 0.6 is 11.3 Å². The monoisotopic (exact) mass is 204 g/mol. The molecule has 1 aliphatic rings. The molecule has 0 amide bonds. The fourth-order valence-corrected chi connectivity index (χ4v) is 2.97. The molecule has 3 heteroatoms. The van der Waals surface area contributed by atoms with Crippen molar-refractivity contribution in [1.82, 2.24) is 9.88 Å². The smallest absolute Gasteiger partial charge is 0.0995 e. The molecule has 14 heavy (non-hydrogen) atoms. The molecule has 2 heterocycles. The van der Waals surface area contributed by atoms with Gasteiger partial charge in [-0.25, -0.2) is 4.98 Å². The van der Waals surface area contributed by atoms with Gasteiger partial charge in [-0.3, -0.25) is 0 Å². The number of hydrogen-bond donors (Lipinski definition) is 0. The highest BCUT2D eigenvalue weighted by Crippen LogP contribution is 2.32. The van der Waals surface area contributed by atoms with Crippen LogP contribution in [-0.2, 0) is 0 Å². The Morgan fingerprint density at radius 3 is 2.86 bits per heavy atom. The average molecular weight is 204 g/mol. The van der Waals surface area contributed by atoms with Crippen LogP contribution in [0.2, 0.25) is 0 Å². The zero-order valence-electron chi connectivity index (χ0n) is 8.10. The molecule has 0 radical (unpaired) electrons. The molecule has 0 atom stereocenters. The Hall–Kier alpha value is -0.930. The molecule has 72 valence electrons. The Labute approximate surface area is 87.2 Å². The van der Waals surface area contributed by atoms with Crippen molar-refractivity contribution < 1.29 is 0 Å². The van der Waals surface area contributed by atoms with Gasteiger partial charge in [0.05, 0.1) is 15.2 Å². The molecule has 1 aromatic heterocycles. The number of para-hydroxylation sites is 1. The molecular formula is C11H12N2S. The third-order valence-corrected chi connectivity index (χ3v) is 3.92. The van der Waals surface area contributed by atoms with Gasteiger partial charge in [0.15, 0.2) is 0 Å². The van der Waals surface area contributed by atoms with Gasteiger partial charge in [-0.1, -0.05) is 12.1 Å². The molecule has 1 saturated heterocycles. The summed E-state index contributed by atoms with van der Waals surface area (Å²) in [5.74, 6) is 0.678. The minimum Gasteiger partial charge on any atom is -0.305 e. The first kappa shape index (κ1) is 8.38. The molecule has 1 fully saturated rings. The van der Waals surface area contributed by atoms with Crippen LogP contribution in [0, 0.1) is 0 Å². The third kappa shape index (κ3) is 1.24. The van der Waals surface area contributed by atoms with E-state index >= 15 is 0 Å². The Balaban J connectivity index is 1.99. The number of thiazole rings is 1. The lowest BCUT2D eigenvalue weighted by molar-refractivity contribution is 0.189. The van der Waals surface area contributed by atoms with Gasteiger partial charge in [0.25, 0.3) is 0 Å². The first-order valence-electron chi connectivity index (χ1n) is 4.87.